The highest BCUT2D eigenvalue weighted by molar-refractivity contribution is 6.02. The largest absolute Gasteiger partial charge is 0.491 e. The Bertz CT molecular complexity index is 633. The summed E-state index contributed by atoms with van der Waals surface area (Å²) in [6.07, 6.45) is 1.44. The zero-order valence-corrected chi connectivity index (χ0v) is 10.7. The fourth-order valence-corrected chi connectivity index (χ4v) is 2.15. The molecule has 1 aliphatic heterocycles. The van der Waals surface area contributed by atoms with Crippen LogP contribution in [0.15, 0.2) is 47.1 Å². The number of furan rings is 1. The summed E-state index contributed by atoms with van der Waals surface area (Å²) in [6, 6.07) is 10.3. The maximum Gasteiger partial charge on any atom is 0.258 e. The third-order valence-corrected chi connectivity index (χ3v) is 3.15. The van der Waals surface area contributed by atoms with Gasteiger partial charge >= 0.3 is 0 Å². The lowest BCUT2D eigenvalue weighted by Gasteiger charge is -2.18. The summed E-state index contributed by atoms with van der Waals surface area (Å²) >= 11 is 0. The Hall–Kier alpha value is -2.56. The van der Waals surface area contributed by atoms with E-state index in [0.717, 1.165) is 0 Å². The van der Waals surface area contributed by atoms with Crippen LogP contribution in [0.25, 0.3) is 0 Å². The molecule has 3 rings (SSSR count). The van der Waals surface area contributed by atoms with E-state index in [1.54, 1.807) is 30.3 Å². The van der Waals surface area contributed by atoms with Gasteiger partial charge in [0.15, 0.2) is 5.76 Å². The molecule has 0 saturated heterocycles. The second kappa shape index (κ2) is 5.21. The Morgan fingerprint density at radius 2 is 2.05 bits per heavy atom. The minimum absolute atomic E-state index is 0.00988. The van der Waals surface area contributed by atoms with E-state index < -0.39 is 0 Å². The van der Waals surface area contributed by atoms with Gasteiger partial charge in [-0.3, -0.25) is 9.59 Å². The molecule has 5 heteroatoms. The lowest BCUT2D eigenvalue weighted by atomic mass is 10.1. The van der Waals surface area contributed by atoms with Crippen molar-refractivity contribution in [1.29, 1.82) is 0 Å². The first-order chi connectivity index (χ1) is 9.75. The zero-order chi connectivity index (χ0) is 13.9. The van der Waals surface area contributed by atoms with E-state index in [0.29, 0.717) is 24.5 Å². The monoisotopic (exact) mass is 271 g/mol. The van der Waals surface area contributed by atoms with Gasteiger partial charge in [0, 0.05) is 0 Å². The Morgan fingerprint density at radius 3 is 2.85 bits per heavy atom. The molecule has 0 fully saturated rings. The summed E-state index contributed by atoms with van der Waals surface area (Å²) in [7, 11) is 0. The lowest BCUT2D eigenvalue weighted by molar-refractivity contribution is 0.0701. The molecule has 0 bridgehead atoms. The summed E-state index contributed by atoms with van der Waals surface area (Å²) in [4.78, 5) is 25.9. The molecule has 0 saturated carbocycles. The molecular weight excluding hydrogens is 258 g/mol. The van der Waals surface area contributed by atoms with Crippen LogP contribution in [0.5, 0.6) is 5.75 Å². The molecule has 102 valence electrons. The molecule has 5 nitrogen and oxygen atoms in total. The molecule has 1 amide bonds. The van der Waals surface area contributed by atoms with Crippen LogP contribution in [-0.4, -0.2) is 36.3 Å². The smallest absolute Gasteiger partial charge is 0.258 e. The summed E-state index contributed by atoms with van der Waals surface area (Å²) in [5.41, 5.74) is 0.484. The van der Waals surface area contributed by atoms with Crippen molar-refractivity contribution in [2.75, 3.05) is 19.7 Å². The average molecular weight is 271 g/mol. The van der Waals surface area contributed by atoms with Crippen molar-refractivity contribution in [2.45, 2.75) is 0 Å². The Balaban J connectivity index is 1.81. The number of amides is 1. The summed E-state index contributed by atoms with van der Waals surface area (Å²) in [6.45, 7) is 0.734. The second-order valence-corrected chi connectivity index (χ2v) is 4.47. The first-order valence-corrected chi connectivity index (χ1v) is 6.33. The Morgan fingerprint density at radius 1 is 1.20 bits per heavy atom. The zero-order valence-electron chi connectivity index (χ0n) is 10.7. The number of para-hydroxylation sites is 1. The number of rotatable bonds is 3. The maximum atomic E-state index is 12.4. The summed E-state index contributed by atoms with van der Waals surface area (Å²) in [5.74, 6) is 0.405. The Kier molecular flexibility index (Phi) is 3.25. The number of ether oxygens (including phenoxy) is 1. The van der Waals surface area contributed by atoms with Gasteiger partial charge in [0.1, 0.15) is 12.4 Å². The van der Waals surface area contributed by atoms with Gasteiger partial charge in [0.2, 0.25) is 5.78 Å². The highest BCUT2D eigenvalue weighted by Gasteiger charge is 2.25. The van der Waals surface area contributed by atoms with Gasteiger partial charge in [-0.2, -0.15) is 0 Å². The quantitative estimate of drug-likeness (QED) is 0.801. The normalized spacial score (nSPS) is 14.4. The van der Waals surface area contributed by atoms with Crippen LogP contribution in [0.4, 0.5) is 0 Å². The number of nitrogens with zero attached hydrogens (tertiary/aromatic N) is 1. The minimum atomic E-state index is -0.220. The van der Waals surface area contributed by atoms with Crippen LogP contribution in [0, 0.1) is 0 Å². The topological polar surface area (TPSA) is 59.8 Å². The van der Waals surface area contributed by atoms with Crippen LogP contribution in [0.2, 0.25) is 0 Å². The second-order valence-electron chi connectivity index (χ2n) is 4.47. The van der Waals surface area contributed by atoms with Crippen molar-refractivity contribution in [2.24, 2.45) is 0 Å². The number of fused-ring (bicyclic) bond motifs is 1. The van der Waals surface area contributed by atoms with Crippen molar-refractivity contribution in [1.82, 2.24) is 4.90 Å². The average Bonchev–Trinajstić information content (AvgIpc) is 2.95. The number of hydrogen-bond donors (Lipinski definition) is 0. The molecule has 0 spiro atoms. The van der Waals surface area contributed by atoms with E-state index in [-0.39, 0.29) is 24.0 Å². The molecule has 0 aliphatic carbocycles. The molecule has 0 N–H and O–H groups in total. The SMILES string of the molecule is O=C(CN1CCOc2ccccc2C1=O)c1ccco1. The standard InChI is InChI=1S/C15H13NO4/c17-12(14-6-3-8-19-14)10-16-7-9-20-13-5-2-1-4-11(13)15(16)18/h1-6,8H,7,9-10H2. The van der Waals surface area contributed by atoms with Crippen LogP contribution in [-0.2, 0) is 0 Å². The van der Waals surface area contributed by atoms with Gasteiger partial charge in [0.25, 0.3) is 5.91 Å². The number of Topliss-reactive ketones (excluding diaryl/α,β-unsaturated/α-hetero) is 1. The van der Waals surface area contributed by atoms with Crippen molar-refractivity contribution < 1.29 is 18.7 Å². The number of benzene rings is 1. The van der Waals surface area contributed by atoms with Gasteiger partial charge in [0.05, 0.1) is 24.9 Å². The van der Waals surface area contributed by atoms with E-state index in [1.165, 1.54) is 11.2 Å². The predicted octanol–water partition coefficient (Wildman–Crippen LogP) is 2.00. The summed E-state index contributed by atoms with van der Waals surface area (Å²) in [5, 5.41) is 0. The van der Waals surface area contributed by atoms with Crippen molar-refractivity contribution in [3.8, 4) is 5.75 Å². The minimum Gasteiger partial charge on any atom is -0.491 e. The maximum absolute atomic E-state index is 12.4. The van der Waals surface area contributed by atoms with E-state index in [4.69, 9.17) is 9.15 Å². The molecule has 2 aromatic rings. The molecule has 0 unspecified atom stereocenters. The first-order valence-electron chi connectivity index (χ1n) is 6.33. The highest BCUT2D eigenvalue weighted by Crippen LogP contribution is 2.22. The van der Waals surface area contributed by atoms with Gasteiger partial charge in [-0.1, -0.05) is 12.1 Å². The highest BCUT2D eigenvalue weighted by atomic mass is 16.5. The lowest BCUT2D eigenvalue weighted by Crippen LogP contribution is -2.36. The molecule has 2 heterocycles. The number of ketones is 1. The van der Waals surface area contributed by atoms with Crippen LogP contribution in [0.3, 0.4) is 0 Å². The fourth-order valence-electron chi connectivity index (χ4n) is 2.15. The van der Waals surface area contributed by atoms with E-state index in [9.17, 15) is 9.59 Å². The fraction of sp³-hybridized carbons (Fsp3) is 0.200. The van der Waals surface area contributed by atoms with Crippen molar-refractivity contribution >= 4 is 11.7 Å². The first kappa shape index (κ1) is 12.5. The third-order valence-electron chi connectivity index (χ3n) is 3.15. The van der Waals surface area contributed by atoms with Gasteiger partial charge in [-0.25, -0.2) is 0 Å². The van der Waals surface area contributed by atoms with E-state index >= 15 is 0 Å². The van der Waals surface area contributed by atoms with Gasteiger partial charge < -0.3 is 14.1 Å². The summed E-state index contributed by atoms with van der Waals surface area (Å²) < 4.78 is 10.6. The van der Waals surface area contributed by atoms with Gasteiger partial charge in [-0.15, -0.1) is 0 Å². The van der Waals surface area contributed by atoms with Crippen LogP contribution >= 0.6 is 0 Å². The van der Waals surface area contributed by atoms with Crippen LogP contribution in [0.1, 0.15) is 20.9 Å². The van der Waals surface area contributed by atoms with E-state index in [2.05, 4.69) is 0 Å². The Labute approximate surface area is 115 Å². The molecule has 0 atom stereocenters. The number of carbonyl (C=O) groups is 2. The molecule has 1 aromatic heterocycles. The molecule has 1 aliphatic rings. The van der Waals surface area contributed by atoms with Crippen LogP contribution < -0.4 is 4.74 Å². The predicted molar refractivity (Wildman–Crippen MR) is 70.9 cm³/mol. The third kappa shape index (κ3) is 2.30. The number of hydrogen-bond acceptors (Lipinski definition) is 4. The van der Waals surface area contributed by atoms with E-state index in [1.807, 2.05) is 6.07 Å². The van der Waals surface area contributed by atoms with Crippen molar-refractivity contribution in [3.63, 3.8) is 0 Å². The van der Waals surface area contributed by atoms with Gasteiger partial charge in [-0.05, 0) is 24.3 Å². The molecule has 1 aromatic carbocycles. The number of carbonyl (C=O) groups excluding carboxylic acids is 2. The molecule has 0 radical (unpaired) electrons. The molecular formula is C15H13NO4. The van der Waals surface area contributed by atoms with Crippen molar-refractivity contribution in [3.05, 3.63) is 54.0 Å². The molecule has 20 heavy (non-hydrogen) atoms.